The highest BCUT2D eigenvalue weighted by Gasteiger charge is 2.20. The second-order valence-electron chi connectivity index (χ2n) is 7.26. The zero-order valence-corrected chi connectivity index (χ0v) is 15.7. The summed E-state index contributed by atoms with van der Waals surface area (Å²) in [6, 6.07) is 10.4. The molecule has 27 heavy (non-hydrogen) atoms. The SMILES string of the molecule is Cc1ccc(Oc2cc(C(N)=O)ccc2Nc2cc(C(C)(C)C)no2)cn1. The van der Waals surface area contributed by atoms with Crippen LogP contribution in [0.1, 0.15) is 42.5 Å². The molecule has 0 bridgehead atoms. The van der Waals surface area contributed by atoms with E-state index in [0.29, 0.717) is 28.6 Å². The number of rotatable bonds is 5. The van der Waals surface area contributed by atoms with Crippen molar-refractivity contribution in [2.45, 2.75) is 33.1 Å². The van der Waals surface area contributed by atoms with Crippen LogP contribution in [-0.2, 0) is 5.41 Å². The molecule has 2 aromatic heterocycles. The van der Waals surface area contributed by atoms with Crippen LogP contribution in [0.4, 0.5) is 11.6 Å². The van der Waals surface area contributed by atoms with Crippen molar-refractivity contribution in [1.29, 1.82) is 0 Å². The lowest BCUT2D eigenvalue weighted by molar-refractivity contribution is 0.1000. The van der Waals surface area contributed by atoms with Crippen LogP contribution in [-0.4, -0.2) is 16.0 Å². The molecule has 7 heteroatoms. The molecule has 3 aromatic rings. The van der Waals surface area contributed by atoms with Gasteiger partial charge in [-0.25, -0.2) is 0 Å². The molecule has 0 aliphatic rings. The van der Waals surface area contributed by atoms with E-state index < -0.39 is 5.91 Å². The normalized spacial score (nSPS) is 11.3. The van der Waals surface area contributed by atoms with Gasteiger partial charge in [-0.3, -0.25) is 9.78 Å². The molecule has 1 amide bonds. The Balaban J connectivity index is 1.92. The Morgan fingerprint density at radius 3 is 2.56 bits per heavy atom. The third-order valence-electron chi connectivity index (χ3n) is 3.91. The zero-order valence-electron chi connectivity index (χ0n) is 15.7. The number of carbonyl (C=O) groups excluding carboxylic acids is 1. The molecule has 0 saturated carbocycles. The highest BCUT2D eigenvalue weighted by atomic mass is 16.5. The molecule has 0 radical (unpaired) electrons. The van der Waals surface area contributed by atoms with Crippen LogP contribution in [0.5, 0.6) is 11.5 Å². The topological polar surface area (TPSA) is 103 Å². The van der Waals surface area contributed by atoms with Crippen molar-refractivity contribution >= 4 is 17.5 Å². The molecule has 0 spiro atoms. The van der Waals surface area contributed by atoms with E-state index in [0.717, 1.165) is 11.4 Å². The van der Waals surface area contributed by atoms with Crippen molar-refractivity contribution < 1.29 is 14.1 Å². The quantitative estimate of drug-likeness (QED) is 0.697. The fourth-order valence-corrected chi connectivity index (χ4v) is 2.33. The van der Waals surface area contributed by atoms with Gasteiger partial charge in [-0.15, -0.1) is 0 Å². The van der Waals surface area contributed by atoms with Gasteiger partial charge in [0.1, 0.15) is 5.75 Å². The molecule has 0 unspecified atom stereocenters. The van der Waals surface area contributed by atoms with Crippen molar-refractivity contribution in [1.82, 2.24) is 10.1 Å². The monoisotopic (exact) mass is 366 g/mol. The summed E-state index contributed by atoms with van der Waals surface area (Å²) in [7, 11) is 0. The van der Waals surface area contributed by atoms with Gasteiger partial charge in [-0.05, 0) is 37.3 Å². The van der Waals surface area contributed by atoms with Gasteiger partial charge in [-0.1, -0.05) is 25.9 Å². The third-order valence-corrected chi connectivity index (χ3v) is 3.91. The molecule has 2 heterocycles. The average molecular weight is 366 g/mol. The van der Waals surface area contributed by atoms with E-state index in [1.165, 1.54) is 0 Å². The molecule has 3 N–H and O–H groups in total. The second-order valence-corrected chi connectivity index (χ2v) is 7.26. The van der Waals surface area contributed by atoms with Crippen molar-refractivity contribution in [3.63, 3.8) is 0 Å². The number of anilines is 2. The minimum absolute atomic E-state index is 0.133. The number of ether oxygens (including phenoxy) is 1. The van der Waals surface area contributed by atoms with Gasteiger partial charge in [0.2, 0.25) is 11.8 Å². The van der Waals surface area contributed by atoms with Gasteiger partial charge in [0, 0.05) is 22.7 Å². The first-order chi connectivity index (χ1) is 12.7. The summed E-state index contributed by atoms with van der Waals surface area (Å²) in [5.74, 6) is 0.894. The molecule has 0 saturated heterocycles. The Morgan fingerprint density at radius 2 is 1.96 bits per heavy atom. The van der Waals surface area contributed by atoms with Gasteiger partial charge in [0.25, 0.3) is 0 Å². The Bertz CT molecular complexity index is 956. The minimum atomic E-state index is -0.539. The van der Waals surface area contributed by atoms with E-state index in [1.807, 2.05) is 19.1 Å². The Morgan fingerprint density at radius 1 is 1.19 bits per heavy atom. The number of hydrogen-bond donors (Lipinski definition) is 2. The molecule has 0 atom stereocenters. The van der Waals surface area contributed by atoms with Crippen LogP contribution >= 0.6 is 0 Å². The first-order valence-corrected chi connectivity index (χ1v) is 8.51. The standard InChI is InChI=1S/C20H22N4O3/c1-12-5-7-14(11-22-12)26-16-9-13(19(21)25)6-8-15(16)23-18-10-17(24-27-18)20(2,3)4/h5-11,23H,1-4H3,(H2,21,25). The number of benzene rings is 1. The highest BCUT2D eigenvalue weighted by Crippen LogP contribution is 2.34. The average Bonchev–Trinajstić information content (AvgIpc) is 3.07. The van der Waals surface area contributed by atoms with Crippen LogP contribution in [0.3, 0.4) is 0 Å². The van der Waals surface area contributed by atoms with Gasteiger partial charge < -0.3 is 20.3 Å². The summed E-state index contributed by atoms with van der Waals surface area (Å²) in [5.41, 5.74) is 7.91. The van der Waals surface area contributed by atoms with Crippen LogP contribution in [0.25, 0.3) is 0 Å². The van der Waals surface area contributed by atoms with E-state index in [-0.39, 0.29) is 5.41 Å². The van der Waals surface area contributed by atoms with E-state index in [9.17, 15) is 4.79 Å². The number of nitrogens with one attached hydrogen (secondary N) is 1. The maximum atomic E-state index is 11.5. The molecule has 0 aliphatic heterocycles. The van der Waals surface area contributed by atoms with Gasteiger partial charge in [-0.2, -0.15) is 0 Å². The number of nitrogens with two attached hydrogens (primary N) is 1. The van der Waals surface area contributed by atoms with E-state index >= 15 is 0 Å². The van der Waals surface area contributed by atoms with Crippen LogP contribution in [0.15, 0.2) is 47.1 Å². The number of amides is 1. The number of hydrogen-bond acceptors (Lipinski definition) is 6. The number of aromatic nitrogens is 2. The van der Waals surface area contributed by atoms with E-state index in [2.05, 4.69) is 36.2 Å². The number of carbonyl (C=O) groups is 1. The summed E-state index contributed by atoms with van der Waals surface area (Å²) in [5, 5.41) is 7.23. The van der Waals surface area contributed by atoms with Gasteiger partial charge in [0.05, 0.1) is 17.6 Å². The number of nitrogens with zero attached hydrogens (tertiary/aromatic N) is 2. The van der Waals surface area contributed by atoms with E-state index in [1.54, 1.807) is 30.5 Å². The summed E-state index contributed by atoms with van der Waals surface area (Å²) < 4.78 is 11.3. The molecular weight excluding hydrogens is 344 g/mol. The third kappa shape index (κ3) is 4.44. The van der Waals surface area contributed by atoms with Crippen molar-refractivity contribution in [3.05, 3.63) is 59.5 Å². The largest absolute Gasteiger partial charge is 0.454 e. The Kier molecular flexibility index (Phi) is 4.85. The smallest absolute Gasteiger partial charge is 0.248 e. The van der Waals surface area contributed by atoms with Crippen LogP contribution < -0.4 is 15.8 Å². The molecule has 140 valence electrons. The fraction of sp³-hybridized carbons (Fsp3) is 0.250. The molecule has 0 aliphatic carbocycles. The first-order valence-electron chi connectivity index (χ1n) is 8.51. The predicted molar refractivity (Wildman–Crippen MR) is 102 cm³/mol. The van der Waals surface area contributed by atoms with Crippen molar-refractivity contribution in [2.75, 3.05) is 5.32 Å². The zero-order chi connectivity index (χ0) is 19.6. The molecule has 3 rings (SSSR count). The Labute approximate surface area is 157 Å². The van der Waals surface area contributed by atoms with Crippen molar-refractivity contribution in [2.24, 2.45) is 5.73 Å². The van der Waals surface area contributed by atoms with Gasteiger partial charge in [0.15, 0.2) is 5.75 Å². The lowest BCUT2D eigenvalue weighted by Crippen LogP contribution is -2.11. The first kappa shape index (κ1) is 18.4. The maximum Gasteiger partial charge on any atom is 0.248 e. The van der Waals surface area contributed by atoms with Crippen LogP contribution in [0, 0.1) is 6.92 Å². The van der Waals surface area contributed by atoms with Crippen LogP contribution in [0.2, 0.25) is 0 Å². The second kappa shape index (κ2) is 7.11. The fourth-order valence-electron chi connectivity index (χ4n) is 2.33. The van der Waals surface area contributed by atoms with Crippen molar-refractivity contribution in [3.8, 4) is 11.5 Å². The molecule has 1 aromatic carbocycles. The predicted octanol–water partition coefficient (Wildman–Crippen LogP) is 4.31. The molecule has 7 nitrogen and oxygen atoms in total. The number of pyridine rings is 1. The summed E-state index contributed by atoms with van der Waals surface area (Å²) in [6.07, 6.45) is 1.61. The number of aryl methyl sites for hydroxylation is 1. The number of primary amides is 1. The van der Waals surface area contributed by atoms with E-state index in [4.69, 9.17) is 15.0 Å². The summed E-state index contributed by atoms with van der Waals surface area (Å²) in [6.45, 7) is 8.04. The minimum Gasteiger partial charge on any atom is -0.454 e. The maximum absolute atomic E-state index is 11.5. The Hall–Kier alpha value is -3.35. The summed E-state index contributed by atoms with van der Waals surface area (Å²) >= 11 is 0. The lowest BCUT2D eigenvalue weighted by Gasteiger charge is -2.13. The lowest BCUT2D eigenvalue weighted by atomic mass is 9.92. The summed E-state index contributed by atoms with van der Waals surface area (Å²) in [4.78, 5) is 15.8. The highest BCUT2D eigenvalue weighted by molar-refractivity contribution is 5.94. The molecular formula is C20H22N4O3. The molecule has 0 fully saturated rings. The van der Waals surface area contributed by atoms with Gasteiger partial charge >= 0.3 is 0 Å².